The van der Waals surface area contributed by atoms with Gasteiger partial charge in [-0.15, -0.1) is 0 Å². The Morgan fingerprint density at radius 1 is 1.44 bits per heavy atom. The predicted octanol–water partition coefficient (Wildman–Crippen LogP) is 2.71. The molecule has 3 rings (SSSR count). The largest absolute Gasteiger partial charge is 0.378 e. The summed E-state index contributed by atoms with van der Waals surface area (Å²) in [5.74, 6) is 0. The number of pyridine rings is 1. The fraction of sp³-hybridized carbons (Fsp3) is 0.417. The summed E-state index contributed by atoms with van der Waals surface area (Å²) < 4.78 is 7.57. The van der Waals surface area contributed by atoms with Gasteiger partial charge in [-0.05, 0) is 25.0 Å². The van der Waals surface area contributed by atoms with E-state index in [0.717, 1.165) is 35.8 Å². The topological polar surface area (TPSA) is 26.5 Å². The van der Waals surface area contributed by atoms with Gasteiger partial charge in [0, 0.05) is 25.4 Å². The summed E-state index contributed by atoms with van der Waals surface area (Å²) in [6.07, 6.45) is 7.48. The predicted molar refractivity (Wildman–Crippen MR) is 62.9 cm³/mol. The average Bonchev–Trinajstić information content (AvgIpc) is 2.86. The number of hydrogen-bond donors (Lipinski definition) is 0. The second-order valence-corrected chi connectivity index (χ2v) is 4.62. The molecule has 3 heterocycles. The van der Waals surface area contributed by atoms with Crippen LogP contribution in [0.15, 0.2) is 24.5 Å². The van der Waals surface area contributed by atoms with Crippen molar-refractivity contribution in [2.75, 3.05) is 6.61 Å². The SMILES string of the molecule is Clc1ccc2nc(CC3CCCO3)cn2c1. The van der Waals surface area contributed by atoms with Crippen LogP contribution in [0.3, 0.4) is 0 Å². The van der Waals surface area contributed by atoms with E-state index in [0.29, 0.717) is 6.10 Å². The molecule has 0 aromatic carbocycles. The smallest absolute Gasteiger partial charge is 0.137 e. The molecule has 0 saturated carbocycles. The first-order chi connectivity index (χ1) is 7.81. The third kappa shape index (κ3) is 1.93. The molecule has 2 aromatic rings. The van der Waals surface area contributed by atoms with Gasteiger partial charge in [-0.1, -0.05) is 11.6 Å². The van der Waals surface area contributed by atoms with Gasteiger partial charge < -0.3 is 9.14 Å². The third-order valence-electron chi connectivity index (χ3n) is 2.93. The molecule has 3 nitrogen and oxygen atoms in total. The fourth-order valence-corrected chi connectivity index (χ4v) is 2.32. The first kappa shape index (κ1) is 10.1. The number of fused-ring (bicyclic) bond motifs is 1. The van der Waals surface area contributed by atoms with Gasteiger partial charge in [0.15, 0.2) is 0 Å². The second-order valence-electron chi connectivity index (χ2n) is 4.18. The molecule has 16 heavy (non-hydrogen) atoms. The van der Waals surface area contributed by atoms with Gasteiger partial charge >= 0.3 is 0 Å². The summed E-state index contributed by atoms with van der Waals surface area (Å²) in [6, 6.07) is 3.79. The minimum atomic E-state index is 0.348. The Morgan fingerprint density at radius 2 is 2.38 bits per heavy atom. The van der Waals surface area contributed by atoms with Crippen molar-refractivity contribution in [2.24, 2.45) is 0 Å². The van der Waals surface area contributed by atoms with Crippen molar-refractivity contribution in [1.82, 2.24) is 9.38 Å². The summed E-state index contributed by atoms with van der Waals surface area (Å²) in [5.41, 5.74) is 2.02. The van der Waals surface area contributed by atoms with Crippen LogP contribution in [0.5, 0.6) is 0 Å². The molecular formula is C12H13ClN2O. The van der Waals surface area contributed by atoms with Crippen molar-refractivity contribution in [1.29, 1.82) is 0 Å². The number of aromatic nitrogens is 2. The lowest BCUT2D eigenvalue weighted by molar-refractivity contribution is 0.111. The van der Waals surface area contributed by atoms with Crippen LogP contribution >= 0.6 is 11.6 Å². The van der Waals surface area contributed by atoms with Crippen molar-refractivity contribution in [3.8, 4) is 0 Å². The molecule has 0 N–H and O–H groups in total. The zero-order valence-corrected chi connectivity index (χ0v) is 9.65. The van der Waals surface area contributed by atoms with Crippen molar-refractivity contribution in [3.63, 3.8) is 0 Å². The Bertz CT molecular complexity index is 503. The van der Waals surface area contributed by atoms with Crippen LogP contribution in [0.25, 0.3) is 5.65 Å². The van der Waals surface area contributed by atoms with Crippen molar-refractivity contribution < 1.29 is 4.74 Å². The van der Waals surface area contributed by atoms with Crippen LogP contribution in [0.1, 0.15) is 18.5 Å². The lowest BCUT2D eigenvalue weighted by Crippen LogP contribution is -2.08. The highest BCUT2D eigenvalue weighted by atomic mass is 35.5. The zero-order valence-electron chi connectivity index (χ0n) is 8.90. The van der Waals surface area contributed by atoms with E-state index in [9.17, 15) is 0 Å². The Morgan fingerprint density at radius 3 is 3.19 bits per heavy atom. The molecule has 0 amide bonds. The van der Waals surface area contributed by atoms with Gasteiger partial charge in [0.05, 0.1) is 16.8 Å². The standard InChI is InChI=1S/C12H13ClN2O/c13-9-3-4-12-14-10(8-15(12)7-9)6-11-2-1-5-16-11/h3-4,7-8,11H,1-2,5-6H2. The normalized spacial score (nSPS) is 20.7. The number of nitrogens with zero attached hydrogens (tertiary/aromatic N) is 2. The summed E-state index contributed by atoms with van der Waals surface area (Å²) in [6.45, 7) is 0.893. The molecular weight excluding hydrogens is 224 g/mol. The highest BCUT2D eigenvalue weighted by molar-refractivity contribution is 6.30. The molecule has 0 radical (unpaired) electrons. The number of imidazole rings is 1. The maximum absolute atomic E-state index is 5.92. The zero-order chi connectivity index (χ0) is 11.0. The minimum Gasteiger partial charge on any atom is -0.378 e. The van der Waals surface area contributed by atoms with Crippen molar-refractivity contribution in [3.05, 3.63) is 35.2 Å². The van der Waals surface area contributed by atoms with Gasteiger partial charge in [-0.2, -0.15) is 0 Å². The molecule has 1 fully saturated rings. The monoisotopic (exact) mass is 236 g/mol. The summed E-state index contributed by atoms with van der Waals surface area (Å²) in [5, 5.41) is 0.730. The van der Waals surface area contributed by atoms with E-state index in [1.807, 2.05) is 28.9 Å². The lowest BCUT2D eigenvalue weighted by atomic mass is 10.1. The molecule has 4 heteroatoms. The van der Waals surface area contributed by atoms with Gasteiger partial charge in [0.1, 0.15) is 5.65 Å². The molecule has 0 aliphatic carbocycles. The van der Waals surface area contributed by atoms with Crippen LogP contribution in [0.4, 0.5) is 0 Å². The summed E-state index contributed by atoms with van der Waals surface area (Å²) >= 11 is 5.92. The fourth-order valence-electron chi connectivity index (χ4n) is 2.15. The molecule has 1 aliphatic heterocycles. The highest BCUT2D eigenvalue weighted by Crippen LogP contribution is 2.18. The average molecular weight is 237 g/mol. The van der Waals surface area contributed by atoms with E-state index >= 15 is 0 Å². The molecule has 1 atom stereocenters. The van der Waals surface area contributed by atoms with E-state index in [1.165, 1.54) is 6.42 Å². The molecule has 1 aliphatic rings. The van der Waals surface area contributed by atoms with E-state index < -0.39 is 0 Å². The maximum Gasteiger partial charge on any atom is 0.137 e. The second kappa shape index (κ2) is 4.07. The van der Waals surface area contributed by atoms with Crippen LogP contribution in [-0.4, -0.2) is 22.1 Å². The van der Waals surface area contributed by atoms with Gasteiger partial charge in [0.25, 0.3) is 0 Å². The van der Waals surface area contributed by atoms with Crippen LogP contribution in [0.2, 0.25) is 5.02 Å². The first-order valence-corrected chi connectivity index (χ1v) is 5.94. The minimum absolute atomic E-state index is 0.348. The van der Waals surface area contributed by atoms with Gasteiger partial charge in [0.2, 0.25) is 0 Å². The van der Waals surface area contributed by atoms with Crippen LogP contribution < -0.4 is 0 Å². The molecule has 2 aromatic heterocycles. The number of hydrogen-bond acceptors (Lipinski definition) is 2. The maximum atomic E-state index is 5.92. The van der Waals surface area contributed by atoms with Crippen LogP contribution in [-0.2, 0) is 11.2 Å². The molecule has 84 valence electrons. The molecule has 1 unspecified atom stereocenters. The lowest BCUT2D eigenvalue weighted by Gasteiger charge is -2.05. The number of ether oxygens (including phenoxy) is 1. The molecule has 0 spiro atoms. The Kier molecular flexibility index (Phi) is 2.58. The Hall–Kier alpha value is -1.06. The first-order valence-electron chi connectivity index (χ1n) is 5.56. The Labute approximate surface area is 99.0 Å². The third-order valence-corrected chi connectivity index (χ3v) is 3.15. The Balaban J connectivity index is 1.86. The van der Waals surface area contributed by atoms with Gasteiger partial charge in [-0.3, -0.25) is 0 Å². The van der Waals surface area contributed by atoms with E-state index in [1.54, 1.807) is 0 Å². The van der Waals surface area contributed by atoms with E-state index in [-0.39, 0.29) is 0 Å². The number of halogens is 1. The van der Waals surface area contributed by atoms with Crippen molar-refractivity contribution in [2.45, 2.75) is 25.4 Å². The number of rotatable bonds is 2. The molecule has 0 bridgehead atoms. The van der Waals surface area contributed by atoms with Gasteiger partial charge in [-0.25, -0.2) is 4.98 Å². The van der Waals surface area contributed by atoms with Crippen molar-refractivity contribution >= 4 is 17.2 Å². The molecule has 1 saturated heterocycles. The van der Waals surface area contributed by atoms with E-state index in [4.69, 9.17) is 16.3 Å². The quantitative estimate of drug-likeness (QED) is 0.802. The van der Waals surface area contributed by atoms with E-state index in [2.05, 4.69) is 4.98 Å². The summed E-state index contributed by atoms with van der Waals surface area (Å²) in [4.78, 5) is 4.54. The highest BCUT2D eigenvalue weighted by Gasteiger charge is 2.17. The van der Waals surface area contributed by atoms with Crippen LogP contribution in [0, 0.1) is 0 Å². The summed E-state index contributed by atoms with van der Waals surface area (Å²) in [7, 11) is 0.